The molecule has 9 nitrogen and oxygen atoms in total. The zero-order chi connectivity index (χ0) is 34.4. The molecule has 0 aromatic heterocycles. The predicted molar refractivity (Wildman–Crippen MR) is 172 cm³/mol. The van der Waals surface area contributed by atoms with E-state index in [4.69, 9.17) is 9.84 Å². The maximum absolute atomic E-state index is 14.1. The second-order valence-corrected chi connectivity index (χ2v) is 18.2. The summed E-state index contributed by atoms with van der Waals surface area (Å²) in [5.41, 5.74) is -2.90. The Labute approximate surface area is 275 Å². The van der Waals surface area contributed by atoms with Crippen molar-refractivity contribution < 1.29 is 45.0 Å². The van der Waals surface area contributed by atoms with Crippen LogP contribution in [0.25, 0.3) is 0 Å². The molecule has 0 aliphatic heterocycles. The zero-order valence-corrected chi connectivity index (χ0v) is 29.5. The molecule has 6 N–H and O–H groups in total. The first-order valence-corrected chi connectivity index (χ1v) is 18.0. The third-order valence-electron chi connectivity index (χ3n) is 16.1. The Hall–Kier alpha value is -1.10. The van der Waals surface area contributed by atoms with Crippen molar-refractivity contribution in [2.45, 2.75) is 150 Å². The van der Waals surface area contributed by atoms with Gasteiger partial charge in [0.15, 0.2) is 11.7 Å². The van der Waals surface area contributed by atoms with Crippen molar-refractivity contribution in [3.05, 3.63) is 0 Å². The highest BCUT2D eigenvalue weighted by atomic mass is 16.6. The largest absolute Gasteiger partial charge is 0.394 e. The topological polar surface area (TPSA) is 165 Å². The van der Waals surface area contributed by atoms with E-state index in [0.29, 0.717) is 35.5 Å². The summed E-state index contributed by atoms with van der Waals surface area (Å²) in [6, 6.07) is 0. The molecule has 5 fully saturated rings. The van der Waals surface area contributed by atoms with Gasteiger partial charge in [0.1, 0.15) is 18.3 Å². The SMILES string of the molecule is C[C@@H]1[C@H]2[C@H]3CC[C@@H]4[C@]5(C)[C@@H](CC[C@@]4(C)[C@]3(C)CC[C@@]2(C)CC[C@H]1C)C(C)(C)CCC5(O)C(=O)OC(=O)[C@H](O)[C@@H](O)[C@H](O)[C@H](O)CO. The van der Waals surface area contributed by atoms with Gasteiger partial charge in [0, 0.05) is 5.41 Å². The minimum atomic E-state index is -2.37. The van der Waals surface area contributed by atoms with E-state index < -0.39 is 54.0 Å². The molecule has 0 spiro atoms. The molecule has 0 saturated heterocycles. The monoisotopic (exact) mass is 650 g/mol. The molecular formula is C37H62O9. The molecule has 1 unspecified atom stereocenters. The van der Waals surface area contributed by atoms with Gasteiger partial charge < -0.3 is 35.4 Å². The first-order valence-electron chi connectivity index (χ1n) is 18.0. The van der Waals surface area contributed by atoms with Crippen LogP contribution < -0.4 is 0 Å². The Morgan fingerprint density at radius 3 is 2.04 bits per heavy atom. The van der Waals surface area contributed by atoms with Gasteiger partial charge in [0.25, 0.3) is 0 Å². The molecule has 0 radical (unpaired) electrons. The number of carbonyl (C=O) groups is 2. The van der Waals surface area contributed by atoms with E-state index in [1.165, 1.54) is 19.3 Å². The Kier molecular flexibility index (Phi) is 9.25. The van der Waals surface area contributed by atoms with Gasteiger partial charge in [-0.2, -0.15) is 0 Å². The first kappa shape index (κ1) is 36.2. The van der Waals surface area contributed by atoms with Crippen LogP contribution in [0.1, 0.15) is 120 Å². The molecule has 0 aromatic carbocycles. The summed E-state index contributed by atoms with van der Waals surface area (Å²) in [6.07, 6.45) is 0.874. The lowest BCUT2D eigenvalue weighted by Crippen LogP contribution is -2.73. The molecule has 0 amide bonds. The zero-order valence-electron chi connectivity index (χ0n) is 29.5. The molecule has 46 heavy (non-hydrogen) atoms. The van der Waals surface area contributed by atoms with Crippen LogP contribution in [0.3, 0.4) is 0 Å². The van der Waals surface area contributed by atoms with Crippen molar-refractivity contribution >= 4 is 11.9 Å². The fourth-order valence-corrected chi connectivity index (χ4v) is 12.9. The van der Waals surface area contributed by atoms with Gasteiger partial charge in [-0.3, -0.25) is 0 Å². The molecule has 5 saturated carbocycles. The highest BCUT2D eigenvalue weighted by molar-refractivity contribution is 5.93. The quantitative estimate of drug-likeness (QED) is 0.184. The summed E-state index contributed by atoms with van der Waals surface area (Å²) in [5.74, 6) is -0.147. The molecule has 0 aromatic rings. The molecule has 5 aliphatic rings. The van der Waals surface area contributed by atoms with E-state index in [0.717, 1.165) is 32.1 Å². The fraction of sp³-hybridized carbons (Fsp3) is 0.946. The number of aliphatic hydroxyl groups excluding tert-OH is 5. The van der Waals surface area contributed by atoms with Crippen LogP contribution >= 0.6 is 0 Å². The molecule has 15 atom stereocenters. The number of aliphatic hydroxyl groups is 6. The smallest absolute Gasteiger partial charge is 0.346 e. The van der Waals surface area contributed by atoms with Crippen molar-refractivity contribution in [2.24, 2.45) is 62.6 Å². The van der Waals surface area contributed by atoms with E-state index >= 15 is 0 Å². The third-order valence-corrected chi connectivity index (χ3v) is 16.1. The second-order valence-electron chi connectivity index (χ2n) is 18.2. The minimum absolute atomic E-state index is 0.00931. The minimum Gasteiger partial charge on any atom is -0.394 e. The molecule has 0 heterocycles. The molecule has 0 bridgehead atoms. The van der Waals surface area contributed by atoms with Crippen LogP contribution in [0.2, 0.25) is 0 Å². The lowest BCUT2D eigenvalue weighted by Gasteiger charge is -2.75. The van der Waals surface area contributed by atoms with Crippen LogP contribution in [-0.4, -0.2) is 79.2 Å². The summed E-state index contributed by atoms with van der Waals surface area (Å²) in [6.45, 7) is 17.9. The Bertz CT molecular complexity index is 1190. The van der Waals surface area contributed by atoms with Crippen LogP contribution in [0, 0.1) is 62.6 Å². The summed E-state index contributed by atoms with van der Waals surface area (Å²) < 4.78 is 5.18. The van der Waals surface area contributed by atoms with Gasteiger partial charge in [-0.25, -0.2) is 9.59 Å². The molecule has 5 rings (SSSR count). The number of esters is 2. The summed E-state index contributed by atoms with van der Waals surface area (Å²) in [5, 5.41) is 62.2. The summed E-state index contributed by atoms with van der Waals surface area (Å²) in [7, 11) is 0. The normalized spacial score (nSPS) is 49.2. The molecular weight excluding hydrogens is 588 g/mol. The summed E-state index contributed by atoms with van der Waals surface area (Å²) in [4.78, 5) is 27.1. The third kappa shape index (κ3) is 4.91. The Morgan fingerprint density at radius 2 is 1.41 bits per heavy atom. The van der Waals surface area contributed by atoms with Crippen LogP contribution in [0.5, 0.6) is 0 Å². The van der Waals surface area contributed by atoms with E-state index in [-0.39, 0.29) is 34.5 Å². The van der Waals surface area contributed by atoms with E-state index in [9.17, 15) is 35.1 Å². The number of carbonyl (C=O) groups excluding carboxylic acids is 2. The lowest BCUT2D eigenvalue weighted by molar-refractivity contribution is -0.291. The van der Waals surface area contributed by atoms with Crippen molar-refractivity contribution in [1.82, 2.24) is 0 Å². The average Bonchev–Trinajstić information content (AvgIpc) is 3.00. The van der Waals surface area contributed by atoms with Gasteiger partial charge in [-0.05, 0) is 121 Å². The highest BCUT2D eigenvalue weighted by Gasteiger charge is 2.75. The number of rotatable bonds is 6. The Morgan fingerprint density at radius 1 is 0.761 bits per heavy atom. The van der Waals surface area contributed by atoms with Crippen molar-refractivity contribution in [3.63, 3.8) is 0 Å². The Balaban J connectivity index is 1.50. The predicted octanol–water partition coefficient (Wildman–Crippen LogP) is 3.98. The maximum Gasteiger partial charge on any atom is 0.346 e. The van der Waals surface area contributed by atoms with E-state index in [1.807, 2.05) is 6.92 Å². The summed E-state index contributed by atoms with van der Waals surface area (Å²) >= 11 is 0. The van der Waals surface area contributed by atoms with Gasteiger partial charge in [-0.15, -0.1) is 0 Å². The number of hydrogen-bond acceptors (Lipinski definition) is 9. The van der Waals surface area contributed by atoms with E-state index in [2.05, 4.69) is 48.5 Å². The van der Waals surface area contributed by atoms with Gasteiger partial charge in [0.2, 0.25) is 0 Å². The van der Waals surface area contributed by atoms with Crippen molar-refractivity contribution in [3.8, 4) is 0 Å². The average molecular weight is 651 g/mol. The van der Waals surface area contributed by atoms with Gasteiger partial charge in [-0.1, -0.05) is 55.4 Å². The number of ether oxygens (including phenoxy) is 1. The van der Waals surface area contributed by atoms with Crippen LogP contribution in [0.15, 0.2) is 0 Å². The van der Waals surface area contributed by atoms with Gasteiger partial charge >= 0.3 is 11.9 Å². The number of fused-ring (bicyclic) bond motifs is 7. The molecule has 5 aliphatic carbocycles. The highest BCUT2D eigenvalue weighted by Crippen LogP contribution is 2.78. The second kappa shape index (κ2) is 11.8. The van der Waals surface area contributed by atoms with Crippen molar-refractivity contribution in [1.29, 1.82) is 0 Å². The van der Waals surface area contributed by atoms with Gasteiger partial charge in [0.05, 0.1) is 6.61 Å². The first-order chi connectivity index (χ1) is 21.2. The van der Waals surface area contributed by atoms with Crippen molar-refractivity contribution in [2.75, 3.05) is 6.61 Å². The van der Waals surface area contributed by atoms with Crippen LogP contribution in [0.4, 0.5) is 0 Å². The molecule has 9 heteroatoms. The fourth-order valence-electron chi connectivity index (χ4n) is 12.9. The van der Waals surface area contributed by atoms with Crippen LogP contribution in [-0.2, 0) is 14.3 Å². The standard InChI is InChI=1S/C37H62O9/c1-20-11-13-33(5)16-17-34(6)22(26(33)21(20)2)9-10-25-35(34,7)14-12-24-32(3,4)15-18-37(45,36(24,25)8)31(44)46-30(43)29(42)28(41)27(40)23(39)19-38/h20-29,38-42,45H,9-19H2,1-8H3/t20-,21+,22-,23-,24+,25+,26+,27-,28+,29-,33-,34-,35-,36+,37?/m1/s1. The van der Waals surface area contributed by atoms with E-state index in [1.54, 1.807) is 0 Å². The number of hydrogen-bond donors (Lipinski definition) is 6. The lowest BCUT2D eigenvalue weighted by atomic mass is 9.30. The maximum atomic E-state index is 14.1. The molecule has 264 valence electrons.